The minimum atomic E-state index is -0.0977. The van der Waals surface area contributed by atoms with Crippen molar-refractivity contribution in [3.05, 3.63) is 64.8 Å². The number of hydrogen-bond acceptors (Lipinski definition) is 4. The molecule has 2 aromatic rings. The summed E-state index contributed by atoms with van der Waals surface area (Å²) >= 11 is 6.64. The molecule has 0 saturated carbocycles. The zero-order chi connectivity index (χ0) is 14.8. The van der Waals surface area contributed by atoms with Gasteiger partial charge in [-0.05, 0) is 37.3 Å². The fourth-order valence-corrected chi connectivity index (χ4v) is 3.26. The van der Waals surface area contributed by atoms with Crippen LogP contribution in [-0.4, -0.2) is 15.2 Å². The number of thioether (sulfide) groups is 1. The number of carbonyl (C=O) groups is 1. The maximum atomic E-state index is 12.5. The lowest BCUT2D eigenvalue weighted by molar-refractivity contribution is -0.113. The molecule has 1 aliphatic heterocycles. The Hall–Kier alpha value is -1.98. The Morgan fingerprint density at radius 1 is 1.19 bits per heavy atom. The highest BCUT2D eigenvalue weighted by Crippen LogP contribution is 2.35. The third-order valence-electron chi connectivity index (χ3n) is 3.05. The van der Waals surface area contributed by atoms with Crippen LogP contribution >= 0.6 is 24.0 Å². The smallest absolute Gasteiger partial charge is 0.268 e. The summed E-state index contributed by atoms with van der Waals surface area (Å²) in [4.78, 5) is 18.9. The summed E-state index contributed by atoms with van der Waals surface area (Å²) in [5.41, 5.74) is 2.70. The van der Waals surface area contributed by atoms with Gasteiger partial charge in [0.1, 0.15) is 0 Å². The number of carbonyl (C=O) groups excluding carboxylic acids is 1. The molecular formula is C16H12N2OS2. The lowest BCUT2D eigenvalue weighted by Crippen LogP contribution is -2.27. The molecule has 1 amide bonds. The van der Waals surface area contributed by atoms with Gasteiger partial charge in [0.05, 0.1) is 16.3 Å². The number of aromatic nitrogens is 1. The van der Waals surface area contributed by atoms with Crippen molar-refractivity contribution in [3.8, 4) is 0 Å². The van der Waals surface area contributed by atoms with E-state index >= 15 is 0 Å². The molecule has 3 rings (SSSR count). The van der Waals surface area contributed by atoms with Crippen molar-refractivity contribution < 1.29 is 4.79 Å². The Kier molecular flexibility index (Phi) is 3.86. The molecule has 1 aromatic carbocycles. The average molecular weight is 312 g/mol. The highest BCUT2D eigenvalue weighted by Gasteiger charge is 2.33. The quantitative estimate of drug-likeness (QED) is 0.624. The van der Waals surface area contributed by atoms with E-state index in [9.17, 15) is 4.79 Å². The van der Waals surface area contributed by atoms with Gasteiger partial charge in [-0.3, -0.25) is 14.7 Å². The third-order valence-corrected chi connectivity index (χ3v) is 4.35. The molecule has 0 N–H and O–H groups in total. The standard InChI is InChI=1S/C16H12N2OS2/c1-11-5-7-13(8-6-11)18-15(19)14(21-16(18)20)10-12-4-2-3-9-17-12/h2-10H,1H3/b14-10-. The number of nitrogens with zero attached hydrogens (tertiary/aromatic N) is 2. The van der Waals surface area contributed by atoms with Gasteiger partial charge in [-0.2, -0.15) is 0 Å². The number of thiocarbonyl (C=S) groups is 1. The van der Waals surface area contributed by atoms with E-state index in [1.807, 2.05) is 49.4 Å². The first-order valence-corrected chi connectivity index (χ1v) is 7.63. The summed E-state index contributed by atoms with van der Waals surface area (Å²) in [6.07, 6.45) is 3.47. The molecule has 5 heteroatoms. The van der Waals surface area contributed by atoms with E-state index < -0.39 is 0 Å². The van der Waals surface area contributed by atoms with E-state index in [2.05, 4.69) is 4.98 Å². The van der Waals surface area contributed by atoms with Gasteiger partial charge >= 0.3 is 0 Å². The third kappa shape index (κ3) is 2.89. The van der Waals surface area contributed by atoms with Crippen molar-refractivity contribution >= 4 is 46.0 Å². The number of benzene rings is 1. The summed E-state index contributed by atoms with van der Waals surface area (Å²) in [7, 11) is 0. The van der Waals surface area contributed by atoms with Gasteiger partial charge in [0.2, 0.25) is 0 Å². The molecule has 0 unspecified atom stereocenters. The van der Waals surface area contributed by atoms with Gasteiger partial charge in [0.25, 0.3) is 5.91 Å². The van der Waals surface area contributed by atoms with Gasteiger partial charge in [0.15, 0.2) is 4.32 Å². The SMILES string of the molecule is Cc1ccc(N2C(=O)/C(=C/c3ccccn3)SC2=S)cc1. The fourth-order valence-electron chi connectivity index (χ4n) is 1.98. The Morgan fingerprint density at radius 3 is 2.62 bits per heavy atom. The minimum Gasteiger partial charge on any atom is -0.268 e. The molecule has 0 aliphatic carbocycles. The minimum absolute atomic E-state index is 0.0977. The Morgan fingerprint density at radius 2 is 1.95 bits per heavy atom. The molecule has 2 heterocycles. The van der Waals surface area contributed by atoms with Crippen LogP contribution in [0.25, 0.3) is 6.08 Å². The number of hydrogen-bond donors (Lipinski definition) is 0. The van der Waals surface area contributed by atoms with Crippen molar-refractivity contribution in [1.82, 2.24) is 4.98 Å². The van der Waals surface area contributed by atoms with Crippen LogP contribution in [0.3, 0.4) is 0 Å². The van der Waals surface area contributed by atoms with Gasteiger partial charge in [0, 0.05) is 6.20 Å². The summed E-state index contributed by atoms with van der Waals surface area (Å²) < 4.78 is 0.547. The Balaban J connectivity index is 1.92. The monoisotopic (exact) mass is 312 g/mol. The van der Waals surface area contributed by atoms with E-state index in [0.717, 1.165) is 16.9 Å². The van der Waals surface area contributed by atoms with Crippen LogP contribution in [0.2, 0.25) is 0 Å². The summed E-state index contributed by atoms with van der Waals surface area (Å²) in [6, 6.07) is 13.3. The highest BCUT2D eigenvalue weighted by molar-refractivity contribution is 8.27. The number of rotatable bonds is 2. The molecule has 0 atom stereocenters. The molecule has 0 radical (unpaired) electrons. The molecule has 3 nitrogen and oxygen atoms in total. The maximum absolute atomic E-state index is 12.5. The molecule has 1 aliphatic rings. The first-order chi connectivity index (χ1) is 10.1. The molecule has 0 bridgehead atoms. The van der Waals surface area contributed by atoms with E-state index in [1.54, 1.807) is 17.2 Å². The van der Waals surface area contributed by atoms with Crippen LogP contribution in [0, 0.1) is 6.92 Å². The Bertz CT molecular complexity index is 724. The summed E-state index contributed by atoms with van der Waals surface area (Å²) in [6.45, 7) is 2.01. The lowest BCUT2D eigenvalue weighted by atomic mass is 10.2. The molecule has 1 fully saturated rings. The van der Waals surface area contributed by atoms with Crippen LogP contribution in [-0.2, 0) is 4.79 Å². The van der Waals surface area contributed by atoms with Crippen molar-refractivity contribution in [2.45, 2.75) is 6.92 Å². The summed E-state index contributed by atoms with van der Waals surface area (Å²) in [5, 5.41) is 0. The second kappa shape index (κ2) is 5.79. The molecule has 0 spiro atoms. The number of anilines is 1. The van der Waals surface area contributed by atoms with Crippen molar-refractivity contribution in [1.29, 1.82) is 0 Å². The molecule has 1 aromatic heterocycles. The maximum Gasteiger partial charge on any atom is 0.270 e. The highest BCUT2D eigenvalue weighted by atomic mass is 32.2. The molecular weight excluding hydrogens is 300 g/mol. The van der Waals surface area contributed by atoms with Crippen LogP contribution in [0.1, 0.15) is 11.3 Å². The topological polar surface area (TPSA) is 33.2 Å². The van der Waals surface area contributed by atoms with E-state index in [4.69, 9.17) is 12.2 Å². The van der Waals surface area contributed by atoms with Gasteiger partial charge < -0.3 is 0 Å². The zero-order valence-electron chi connectivity index (χ0n) is 11.3. The zero-order valence-corrected chi connectivity index (χ0v) is 12.9. The van der Waals surface area contributed by atoms with Crippen LogP contribution in [0.15, 0.2) is 53.6 Å². The molecule has 1 saturated heterocycles. The normalized spacial score (nSPS) is 16.8. The van der Waals surface area contributed by atoms with Crippen molar-refractivity contribution in [2.24, 2.45) is 0 Å². The van der Waals surface area contributed by atoms with Crippen molar-refractivity contribution in [3.63, 3.8) is 0 Å². The molecule has 104 valence electrons. The largest absolute Gasteiger partial charge is 0.270 e. The van der Waals surface area contributed by atoms with Crippen LogP contribution in [0.4, 0.5) is 5.69 Å². The number of aryl methyl sites for hydroxylation is 1. The first kappa shape index (κ1) is 14.0. The lowest BCUT2D eigenvalue weighted by Gasteiger charge is -2.14. The van der Waals surface area contributed by atoms with Crippen LogP contribution in [0.5, 0.6) is 0 Å². The first-order valence-electron chi connectivity index (χ1n) is 6.41. The predicted octanol–water partition coefficient (Wildman–Crippen LogP) is 3.80. The predicted molar refractivity (Wildman–Crippen MR) is 91.1 cm³/mol. The van der Waals surface area contributed by atoms with Crippen LogP contribution < -0.4 is 4.90 Å². The second-order valence-corrected chi connectivity index (χ2v) is 6.28. The summed E-state index contributed by atoms with van der Waals surface area (Å²) in [5.74, 6) is -0.0977. The second-order valence-electron chi connectivity index (χ2n) is 4.61. The van der Waals surface area contributed by atoms with Gasteiger partial charge in [-0.25, -0.2) is 0 Å². The Labute approximate surface area is 132 Å². The van der Waals surface area contributed by atoms with Crippen molar-refractivity contribution in [2.75, 3.05) is 4.90 Å². The number of pyridine rings is 1. The van der Waals surface area contributed by atoms with Gasteiger partial charge in [-0.15, -0.1) is 0 Å². The number of amides is 1. The molecule has 21 heavy (non-hydrogen) atoms. The van der Waals surface area contributed by atoms with Gasteiger partial charge in [-0.1, -0.05) is 47.7 Å². The van der Waals surface area contributed by atoms with E-state index in [0.29, 0.717) is 9.23 Å². The van der Waals surface area contributed by atoms with E-state index in [-0.39, 0.29) is 5.91 Å². The average Bonchev–Trinajstić information content (AvgIpc) is 2.76. The van der Waals surface area contributed by atoms with E-state index in [1.165, 1.54) is 11.8 Å². The fraction of sp³-hybridized carbons (Fsp3) is 0.0625.